The SMILES string of the molecule is CCCCCCC(C)(CCCCCC)C1CCN(C)CC1. The van der Waals surface area contributed by atoms with Crippen LogP contribution in [0, 0.1) is 11.3 Å². The molecule has 1 fully saturated rings. The van der Waals surface area contributed by atoms with Gasteiger partial charge in [-0.3, -0.25) is 0 Å². The van der Waals surface area contributed by atoms with Crippen LogP contribution < -0.4 is 0 Å². The Bertz CT molecular complexity index is 228. The molecule has 1 rings (SSSR count). The molecule has 1 heteroatoms. The van der Waals surface area contributed by atoms with Gasteiger partial charge in [0.2, 0.25) is 0 Å². The molecule has 0 radical (unpaired) electrons. The van der Waals surface area contributed by atoms with Crippen LogP contribution in [0.25, 0.3) is 0 Å². The third kappa shape index (κ3) is 7.17. The highest BCUT2D eigenvalue weighted by atomic mass is 15.1. The van der Waals surface area contributed by atoms with Crippen molar-refractivity contribution in [1.82, 2.24) is 4.90 Å². The Morgan fingerprint density at radius 1 is 0.810 bits per heavy atom. The Hall–Kier alpha value is -0.0400. The van der Waals surface area contributed by atoms with E-state index in [1.165, 1.54) is 90.1 Å². The number of hydrogen-bond donors (Lipinski definition) is 0. The van der Waals surface area contributed by atoms with Crippen LogP contribution in [-0.4, -0.2) is 25.0 Å². The van der Waals surface area contributed by atoms with E-state index >= 15 is 0 Å². The van der Waals surface area contributed by atoms with E-state index in [2.05, 4.69) is 32.7 Å². The van der Waals surface area contributed by atoms with E-state index in [4.69, 9.17) is 0 Å². The second-order valence-corrected chi connectivity index (χ2v) is 7.85. The van der Waals surface area contributed by atoms with Crippen molar-refractivity contribution in [2.24, 2.45) is 11.3 Å². The normalized spacial score (nSPS) is 18.3. The van der Waals surface area contributed by atoms with E-state index in [0.717, 1.165) is 5.92 Å². The van der Waals surface area contributed by atoms with E-state index in [9.17, 15) is 0 Å². The van der Waals surface area contributed by atoms with Crippen molar-refractivity contribution in [2.75, 3.05) is 20.1 Å². The molecule has 0 aromatic heterocycles. The summed E-state index contributed by atoms with van der Waals surface area (Å²) < 4.78 is 0. The maximum atomic E-state index is 2.63. The second kappa shape index (κ2) is 10.6. The molecule has 0 atom stereocenters. The number of rotatable bonds is 11. The summed E-state index contributed by atoms with van der Waals surface area (Å²) >= 11 is 0. The molecule has 0 saturated carbocycles. The molecule has 0 amide bonds. The number of piperidine rings is 1. The highest BCUT2D eigenvalue weighted by molar-refractivity contribution is 4.86. The largest absolute Gasteiger partial charge is 0.306 e. The van der Waals surface area contributed by atoms with Gasteiger partial charge in [0, 0.05) is 0 Å². The average molecular weight is 296 g/mol. The van der Waals surface area contributed by atoms with E-state index in [1.807, 2.05) is 0 Å². The minimum atomic E-state index is 0.628. The monoisotopic (exact) mass is 295 g/mol. The maximum Gasteiger partial charge on any atom is -0.00189 e. The minimum Gasteiger partial charge on any atom is -0.306 e. The molecule has 126 valence electrons. The van der Waals surface area contributed by atoms with Crippen molar-refractivity contribution < 1.29 is 0 Å². The fourth-order valence-electron chi connectivity index (χ4n) is 4.15. The molecular formula is C20H41N. The molecule has 0 aromatic carbocycles. The first-order chi connectivity index (χ1) is 10.1. The first-order valence-corrected chi connectivity index (χ1v) is 9.81. The summed E-state index contributed by atoms with van der Waals surface area (Å²) in [5.41, 5.74) is 0.628. The summed E-state index contributed by atoms with van der Waals surface area (Å²) in [6.07, 6.45) is 17.3. The molecule has 0 spiro atoms. The molecule has 0 N–H and O–H groups in total. The predicted octanol–water partition coefficient (Wildman–Crippen LogP) is 6.28. The Morgan fingerprint density at radius 3 is 1.71 bits per heavy atom. The number of unbranched alkanes of at least 4 members (excludes halogenated alkanes) is 6. The summed E-state index contributed by atoms with van der Waals surface area (Å²) in [6.45, 7) is 9.91. The average Bonchev–Trinajstić information content (AvgIpc) is 2.49. The molecule has 1 nitrogen and oxygen atoms in total. The topological polar surface area (TPSA) is 3.24 Å². The lowest BCUT2D eigenvalue weighted by Crippen LogP contribution is -2.38. The summed E-state index contributed by atoms with van der Waals surface area (Å²) in [5, 5.41) is 0. The summed E-state index contributed by atoms with van der Waals surface area (Å²) in [7, 11) is 2.29. The van der Waals surface area contributed by atoms with E-state index in [-0.39, 0.29) is 0 Å². The third-order valence-corrected chi connectivity index (χ3v) is 5.91. The van der Waals surface area contributed by atoms with Gasteiger partial charge in [-0.25, -0.2) is 0 Å². The van der Waals surface area contributed by atoms with Crippen molar-refractivity contribution in [3.8, 4) is 0 Å². The smallest absolute Gasteiger partial charge is 0.00189 e. The molecule has 0 bridgehead atoms. The Labute approximate surface area is 134 Å². The third-order valence-electron chi connectivity index (χ3n) is 5.91. The summed E-state index contributed by atoms with van der Waals surface area (Å²) in [4.78, 5) is 2.52. The van der Waals surface area contributed by atoms with Crippen LogP contribution in [-0.2, 0) is 0 Å². The Balaban J connectivity index is 2.46. The van der Waals surface area contributed by atoms with Crippen LogP contribution in [0.2, 0.25) is 0 Å². The van der Waals surface area contributed by atoms with E-state index in [1.54, 1.807) is 0 Å². The predicted molar refractivity (Wildman–Crippen MR) is 95.8 cm³/mol. The lowest BCUT2D eigenvalue weighted by molar-refractivity contribution is 0.0778. The summed E-state index contributed by atoms with van der Waals surface area (Å²) in [6, 6.07) is 0. The fraction of sp³-hybridized carbons (Fsp3) is 1.00. The first-order valence-electron chi connectivity index (χ1n) is 9.81. The highest BCUT2D eigenvalue weighted by Gasteiger charge is 2.34. The fourth-order valence-corrected chi connectivity index (χ4v) is 4.15. The van der Waals surface area contributed by atoms with Crippen molar-refractivity contribution >= 4 is 0 Å². The first kappa shape index (κ1) is 19.0. The van der Waals surface area contributed by atoms with Crippen molar-refractivity contribution in [3.05, 3.63) is 0 Å². The van der Waals surface area contributed by atoms with Crippen LogP contribution in [0.5, 0.6) is 0 Å². The maximum absolute atomic E-state index is 2.63. The number of nitrogens with zero attached hydrogens (tertiary/aromatic N) is 1. The minimum absolute atomic E-state index is 0.628. The van der Waals surface area contributed by atoms with E-state index in [0.29, 0.717) is 5.41 Å². The molecule has 0 aliphatic carbocycles. The van der Waals surface area contributed by atoms with Crippen molar-refractivity contribution in [3.63, 3.8) is 0 Å². The van der Waals surface area contributed by atoms with Gasteiger partial charge in [-0.2, -0.15) is 0 Å². The highest BCUT2D eigenvalue weighted by Crippen LogP contribution is 2.43. The zero-order chi connectivity index (χ0) is 15.6. The molecule has 1 aliphatic heterocycles. The van der Waals surface area contributed by atoms with Gasteiger partial charge in [-0.1, -0.05) is 72.1 Å². The quantitative estimate of drug-likeness (QED) is 0.406. The Kier molecular flexibility index (Phi) is 9.64. The lowest BCUT2D eigenvalue weighted by Gasteiger charge is -2.42. The van der Waals surface area contributed by atoms with Crippen LogP contribution >= 0.6 is 0 Å². The molecule has 21 heavy (non-hydrogen) atoms. The van der Waals surface area contributed by atoms with Gasteiger partial charge >= 0.3 is 0 Å². The molecule has 1 aliphatic rings. The van der Waals surface area contributed by atoms with Gasteiger partial charge in [0.25, 0.3) is 0 Å². The van der Waals surface area contributed by atoms with Gasteiger partial charge in [-0.05, 0) is 57.2 Å². The van der Waals surface area contributed by atoms with Crippen molar-refractivity contribution in [2.45, 2.75) is 97.8 Å². The van der Waals surface area contributed by atoms with Crippen molar-refractivity contribution in [1.29, 1.82) is 0 Å². The second-order valence-electron chi connectivity index (χ2n) is 7.85. The van der Waals surface area contributed by atoms with Crippen LogP contribution in [0.3, 0.4) is 0 Å². The number of hydrogen-bond acceptors (Lipinski definition) is 1. The molecule has 0 aromatic rings. The van der Waals surface area contributed by atoms with Gasteiger partial charge in [0.05, 0.1) is 0 Å². The van der Waals surface area contributed by atoms with Gasteiger partial charge in [-0.15, -0.1) is 0 Å². The zero-order valence-corrected chi connectivity index (χ0v) is 15.4. The zero-order valence-electron chi connectivity index (χ0n) is 15.4. The molecule has 0 unspecified atom stereocenters. The summed E-state index contributed by atoms with van der Waals surface area (Å²) in [5.74, 6) is 0.983. The lowest BCUT2D eigenvalue weighted by atomic mass is 9.66. The molecule has 1 saturated heterocycles. The van der Waals surface area contributed by atoms with Crippen LogP contribution in [0.15, 0.2) is 0 Å². The van der Waals surface area contributed by atoms with Gasteiger partial charge < -0.3 is 4.90 Å². The number of likely N-dealkylation sites (tertiary alicyclic amines) is 1. The van der Waals surface area contributed by atoms with Gasteiger partial charge in [0.15, 0.2) is 0 Å². The van der Waals surface area contributed by atoms with Crippen LogP contribution in [0.4, 0.5) is 0 Å². The molecular weight excluding hydrogens is 254 g/mol. The van der Waals surface area contributed by atoms with E-state index < -0.39 is 0 Å². The Morgan fingerprint density at radius 2 is 1.29 bits per heavy atom. The standard InChI is InChI=1S/C20H41N/c1-5-7-9-11-15-20(3,16-12-10-8-6-2)19-13-17-21(4)18-14-19/h19H,5-18H2,1-4H3. The van der Waals surface area contributed by atoms with Gasteiger partial charge in [0.1, 0.15) is 0 Å². The molecule has 1 heterocycles. The van der Waals surface area contributed by atoms with Crippen LogP contribution in [0.1, 0.15) is 97.8 Å².